The maximum absolute atomic E-state index is 12.5. The molecule has 0 bridgehead atoms. The van der Waals surface area contributed by atoms with Crippen molar-refractivity contribution in [1.82, 2.24) is 10.7 Å². The lowest BCUT2D eigenvalue weighted by molar-refractivity contribution is -0.117. The maximum Gasteiger partial charge on any atom is 0.287 e. The van der Waals surface area contributed by atoms with Gasteiger partial charge in [0, 0.05) is 16.0 Å². The van der Waals surface area contributed by atoms with Crippen molar-refractivity contribution in [3.05, 3.63) is 86.5 Å². The van der Waals surface area contributed by atoms with Crippen LogP contribution in [-0.4, -0.2) is 18.0 Å². The van der Waals surface area contributed by atoms with Crippen LogP contribution in [0.2, 0.25) is 0 Å². The van der Waals surface area contributed by atoms with Crippen molar-refractivity contribution in [2.75, 3.05) is 0 Å². The first-order valence-corrected chi connectivity index (χ1v) is 9.48. The van der Waals surface area contributed by atoms with Crippen LogP contribution in [0.5, 0.6) is 0 Å². The highest BCUT2D eigenvalue weighted by molar-refractivity contribution is 9.10. The molecule has 2 amide bonds. The number of thiophene rings is 1. The van der Waals surface area contributed by atoms with E-state index >= 15 is 0 Å². The van der Waals surface area contributed by atoms with Crippen LogP contribution in [0.1, 0.15) is 20.8 Å². The summed E-state index contributed by atoms with van der Waals surface area (Å²) in [4.78, 5) is 25.7. The lowest BCUT2D eigenvalue weighted by Gasteiger charge is -2.08. The second-order valence-electron chi connectivity index (χ2n) is 5.28. The van der Waals surface area contributed by atoms with Crippen LogP contribution in [-0.2, 0) is 4.79 Å². The Bertz CT molecular complexity index is 979. The van der Waals surface area contributed by atoms with E-state index in [2.05, 4.69) is 31.8 Å². The SMILES string of the molecule is O=C(NN=Cc1coc(Br)c1)C(=Cc1cccs1)NC(=O)c1ccccc1. The Morgan fingerprint density at radius 2 is 1.96 bits per heavy atom. The molecule has 0 radical (unpaired) electrons. The first-order chi connectivity index (χ1) is 13.1. The molecule has 1 aromatic carbocycles. The van der Waals surface area contributed by atoms with Gasteiger partial charge in [-0.1, -0.05) is 24.3 Å². The predicted molar refractivity (Wildman–Crippen MR) is 108 cm³/mol. The van der Waals surface area contributed by atoms with Crippen molar-refractivity contribution in [1.29, 1.82) is 0 Å². The first-order valence-electron chi connectivity index (χ1n) is 7.81. The number of amides is 2. The number of rotatable bonds is 6. The molecular weight excluding hydrogens is 430 g/mol. The van der Waals surface area contributed by atoms with E-state index in [1.54, 1.807) is 36.4 Å². The average molecular weight is 444 g/mol. The lowest BCUT2D eigenvalue weighted by atomic mass is 10.2. The Morgan fingerprint density at radius 3 is 2.63 bits per heavy atom. The molecule has 2 heterocycles. The summed E-state index contributed by atoms with van der Waals surface area (Å²) in [7, 11) is 0. The minimum atomic E-state index is -0.536. The van der Waals surface area contributed by atoms with E-state index in [-0.39, 0.29) is 11.6 Å². The fourth-order valence-corrected chi connectivity index (χ4v) is 3.09. The van der Waals surface area contributed by atoms with Gasteiger partial charge in [-0.15, -0.1) is 11.3 Å². The number of furan rings is 1. The van der Waals surface area contributed by atoms with Gasteiger partial charge in [0.05, 0.1) is 6.21 Å². The molecule has 0 aliphatic rings. The molecule has 27 heavy (non-hydrogen) atoms. The number of hydrazone groups is 1. The van der Waals surface area contributed by atoms with Gasteiger partial charge in [0.1, 0.15) is 12.0 Å². The van der Waals surface area contributed by atoms with E-state index in [1.807, 2.05) is 23.6 Å². The van der Waals surface area contributed by atoms with Gasteiger partial charge in [0.25, 0.3) is 11.8 Å². The van der Waals surface area contributed by atoms with E-state index in [1.165, 1.54) is 23.8 Å². The van der Waals surface area contributed by atoms with Crippen LogP contribution < -0.4 is 10.7 Å². The predicted octanol–water partition coefficient (Wildman–Crippen LogP) is 4.02. The van der Waals surface area contributed by atoms with Crippen molar-refractivity contribution in [2.24, 2.45) is 5.10 Å². The van der Waals surface area contributed by atoms with Crippen LogP contribution in [0.4, 0.5) is 0 Å². The van der Waals surface area contributed by atoms with Gasteiger partial charge in [0.2, 0.25) is 0 Å². The third kappa shape index (κ3) is 5.50. The quantitative estimate of drug-likeness (QED) is 0.342. The fraction of sp³-hybridized carbons (Fsp3) is 0. The van der Waals surface area contributed by atoms with Gasteiger partial charge < -0.3 is 9.73 Å². The Hall–Kier alpha value is -2.97. The molecule has 3 aromatic rings. The normalized spacial score (nSPS) is 11.5. The minimum absolute atomic E-state index is 0.0943. The standard InChI is InChI=1S/C19H14BrN3O3S/c20-17-9-13(12-26-17)11-21-23-19(25)16(10-15-7-4-8-27-15)22-18(24)14-5-2-1-3-6-14/h1-12H,(H,22,24)(H,23,25). The molecule has 0 saturated carbocycles. The summed E-state index contributed by atoms with van der Waals surface area (Å²) in [5, 5.41) is 8.42. The Balaban J connectivity index is 1.74. The van der Waals surface area contributed by atoms with Crippen molar-refractivity contribution in [3.63, 3.8) is 0 Å². The topological polar surface area (TPSA) is 83.7 Å². The summed E-state index contributed by atoms with van der Waals surface area (Å²) in [5.74, 6) is -0.914. The third-order valence-electron chi connectivity index (χ3n) is 3.33. The summed E-state index contributed by atoms with van der Waals surface area (Å²) < 4.78 is 5.65. The van der Waals surface area contributed by atoms with E-state index in [0.717, 1.165) is 4.88 Å². The summed E-state index contributed by atoms with van der Waals surface area (Å²) in [6.07, 6.45) is 4.53. The lowest BCUT2D eigenvalue weighted by Crippen LogP contribution is -2.32. The third-order valence-corrected chi connectivity index (χ3v) is 4.56. The number of carbonyl (C=O) groups is 2. The number of carbonyl (C=O) groups excluding carboxylic acids is 2. The number of halogens is 1. The highest BCUT2D eigenvalue weighted by Gasteiger charge is 2.14. The van der Waals surface area contributed by atoms with Crippen molar-refractivity contribution >= 4 is 51.4 Å². The molecule has 0 aliphatic heterocycles. The maximum atomic E-state index is 12.5. The van der Waals surface area contributed by atoms with Crippen LogP contribution in [0.15, 0.2) is 80.1 Å². The zero-order chi connectivity index (χ0) is 19.1. The van der Waals surface area contributed by atoms with Crippen LogP contribution in [0.25, 0.3) is 6.08 Å². The zero-order valence-electron chi connectivity index (χ0n) is 13.9. The van der Waals surface area contributed by atoms with E-state index in [4.69, 9.17) is 4.42 Å². The molecule has 2 aromatic heterocycles. The number of hydrogen-bond donors (Lipinski definition) is 2. The van der Waals surface area contributed by atoms with Gasteiger partial charge in [-0.2, -0.15) is 5.10 Å². The van der Waals surface area contributed by atoms with Crippen molar-refractivity contribution in [2.45, 2.75) is 0 Å². The number of nitrogens with one attached hydrogen (secondary N) is 2. The number of hydrogen-bond acceptors (Lipinski definition) is 5. The Labute approximate surface area is 167 Å². The van der Waals surface area contributed by atoms with Crippen LogP contribution in [0, 0.1) is 0 Å². The molecule has 0 aliphatic carbocycles. The molecule has 8 heteroatoms. The molecule has 0 atom stereocenters. The highest BCUT2D eigenvalue weighted by atomic mass is 79.9. The minimum Gasteiger partial charge on any atom is -0.457 e. The molecular formula is C19H14BrN3O3S. The summed E-state index contributed by atoms with van der Waals surface area (Å²) in [5.41, 5.74) is 3.63. The summed E-state index contributed by atoms with van der Waals surface area (Å²) in [6, 6.07) is 14.1. The second-order valence-corrected chi connectivity index (χ2v) is 7.04. The molecule has 2 N–H and O–H groups in total. The highest BCUT2D eigenvalue weighted by Crippen LogP contribution is 2.14. The molecule has 3 rings (SSSR count). The Kier molecular flexibility index (Phi) is 6.35. The molecule has 0 saturated heterocycles. The van der Waals surface area contributed by atoms with Crippen molar-refractivity contribution < 1.29 is 14.0 Å². The average Bonchev–Trinajstić information content (AvgIpc) is 3.33. The number of nitrogens with zero attached hydrogens (tertiary/aromatic N) is 1. The van der Waals surface area contributed by atoms with Gasteiger partial charge in [-0.25, -0.2) is 5.43 Å². The van der Waals surface area contributed by atoms with Gasteiger partial charge in [0.15, 0.2) is 4.67 Å². The largest absolute Gasteiger partial charge is 0.457 e. The molecule has 0 spiro atoms. The van der Waals surface area contributed by atoms with E-state index in [9.17, 15) is 9.59 Å². The molecule has 0 fully saturated rings. The first kappa shape index (κ1) is 18.8. The second kappa shape index (κ2) is 9.11. The molecule has 0 unspecified atom stereocenters. The molecule has 6 nitrogen and oxygen atoms in total. The zero-order valence-corrected chi connectivity index (χ0v) is 16.3. The molecule has 136 valence electrons. The smallest absolute Gasteiger partial charge is 0.287 e. The van der Waals surface area contributed by atoms with E-state index < -0.39 is 5.91 Å². The number of benzene rings is 1. The Morgan fingerprint density at radius 1 is 1.15 bits per heavy atom. The van der Waals surface area contributed by atoms with Crippen LogP contribution >= 0.6 is 27.3 Å². The summed E-state index contributed by atoms with van der Waals surface area (Å²) >= 11 is 4.64. The van der Waals surface area contributed by atoms with Gasteiger partial charge >= 0.3 is 0 Å². The van der Waals surface area contributed by atoms with Gasteiger partial charge in [-0.05, 0) is 51.7 Å². The van der Waals surface area contributed by atoms with Crippen molar-refractivity contribution in [3.8, 4) is 0 Å². The summed E-state index contributed by atoms with van der Waals surface area (Å²) in [6.45, 7) is 0. The monoisotopic (exact) mass is 443 g/mol. The van der Waals surface area contributed by atoms with Gasteiger partial charge in [-0.3, -0.25) is 9.59 Å². The van der Waals surface area contributed by atoms with E-state index in [0.29, 0.717) is 15.8 Å². The van der Waals surface area contributed by atoms with Crippen LogP contribution in [0.3, 0.4) is 0 Å². The fourth-order valence-electron chi connectivity index (χ4n) is 2.07.